The number of nitrogens with zero attached hydrogens (tertiary/aromatic N) is 2. The highest BCUT2D eigenvalue weighted by Gasteiger charge is 2.03. The van der Waals surface area contributed by atoms with Crippen molar-refractivity contribution >= 4 is 22.8 Å². The van der Waals surface area contributed by atoms with Gasteiger partial charge >= 0.3 is 0 Å². The fraction of sp³-hybridized carbons (Fsp3) is 0.500. The first-order valence-corrected chi connectivity index (χ1v) is 5.47. The number of carbonyl (C=O) groups excluding carboxylic acids is 2. The minimum atomic E-state index is -0.478. The molecule has 0 aliphatic rings. The fourth-order valence-corrected chi connectivity index (χ4v) is 1.30. The van der Waals surface area contributed by atoms with Crippen LogP contribution in [0.25, 0.3) is 0 Å². The van der Waals surface area contributed by atoms with Gasteiger partial charge in [0.15, 0.2) is 0 Å². The van der Waals surface area contributed by atoms with E-state index in [1.807, 2.05) is 10.8 Å². The molecule has 0 radical (unpaired) electrons. The molecule has 0 aliphatic heterocycles. The minimum Gasteiger partial charge on any atom is -0.356 e. The lowest BCUT2D eigenvalue weighted by Gasteiger charge is -2.04. The molecule has 1 amide bonds. The Morgan fingerprint density at radius 1 is 1.38 bits per heavy atom. The Labute approximate surface area is 98.8 Å². The van der Waals surface area contributed by atoms with Gasteiger partial charge in [0.25, 0.3) is 0 Å². The number of rotatable bonds is 7. The Kier molecular flexibility index (Phi) is 5.56. The molecule has 16 heavy (non-hydrogen) atoms. The van der Waals surface area contributed by atoms with Gasteiger partial charge in [0.05, 0.1) is 6.33 Å². The minimum absolute atomic E-state index is 0.0922. The van der Waals surface area contributed by atoms with E-state index >= 15 is 0 Å². The molecule has 1 heterocycles. The van der Waals surface area contributed by atoms with Crippen LogP contribution in [0.4, 0.5) is 0 Å². The summed E-state index contributed by atoms with van der Waals surface area (Å²) >= 11 is 5.12. The number of halogens is 1. The summed E-state index contributed by atoms with van der Waals surface area (Å²) in [5.41, 5.74) is 0. The van der Waals surface area contributed by atoms with Crippen molar-refractivity contribution in [2.24, 2.45) is 0 Å². The van der Waals surface area contributed by atoms with Crippen molar-refractivity contribution in [3.8, 4) is 0 Å². The zero-order valence-electron chi connectivity index (χ0n) is 8.86. The lowest BCUT2D eigenvalue weighted by atomic mass is 10.3. The van der Waals surface area contributed by atoms with Crippen LogP contribution in [-0.2, 0) is 16.1 Å². The maximum atomic E-state index is 11.2. The third-order valence-corrected chi connectivity index (χ3v) is 2.21. The van der Waals surface area contributed by atoms with Gasteiger partial charge < -0.3 is 9.88 Å². The number of aryl methyl sites for hydroxylation is 1. The number of hydrogen-bond acceptors (Lipinski definition) is 3. The maximum Gasteiger partial charge on any atom is 0.222 e. The Balaban J connectivity index is 2.02. The predicted octanol–water partition coefficient (Wildman–Crippen LogP) is 0.935. The maximum absolute atomic E-state index is 11.2. The predicted molar refractivity (Wildman–Crippen MR) is 59.9 cm³/mol. The standard InChI is InChI=1S/C10H14ClN3O2/c11-9(15)2-3-10(16)13-4-1-6-14-7-5-12-8-14/h5,7-8H,1-4,6H2,(H,13,16). The zero-order chi connectivity index (χ0) is 11.8. The number of hydrogen-bond donors (Lipinski definition) is 1. The summed E-state index contributed by atoms with van der Waals surface area (Å²) in [6.45, 7) is 1.40. The summed E-state index contributed by atoms with van der Waals surface area (Å²) < 4.78 is 1.94. The van der Waals surface area contributed by atoms with Crippen LogP contribution in [-0.4, -0.2) is 27.2 Å². The average molecular weight is 244 g/mol. The quantitative estimate of drug-likeness (QED) is 0.573. The Hall–Kier alpha value is -1.36. The molecule has 1 N–H and O–H groups in total. The highest BCUT2D eigenvalue weighted by atomic mass is 35.5. The van der Waals surface area contributed by atoms with Gasteiger partial charge in [-0.3, -0.25) is 9.59 Å². The molecular weight excluding hydrogens is 230 g/mol. The summed E-state index contributed by atoms with van der Waals surface area (Å²) in [4.78, 5) is 25.5. The molecule has 88 valence electrons. The second kappa shape index (κ2) is 7.00. The number of imidazole rings is 1. The van der Waals surface area contributed by atoms with Gasteiger partial charge in [-0.25, -0.2) is 4.98 Å². The van der Waals surface area contributed by atoms with Crippen LogP contribution >= 0.6 is 11.6 Å². The molecule has 1 aromatic heterocycles. The van der Waals surface area contributed by atoms with E-state index in [9.17, 15) is 9.59 Å². The average Bonchev–Trinajstić information content (AvgIpc) is 2.74. The number of amides is 1. The van der Waals surface area contributed by atoms with Crippen molar-refractivity contribution < 1.29 is 9.59 Å². The summed E-state index contributed by atoms with van der Waals surface area (Å²) in [7, 11) is 0. The Morgan fingerprint density at radius 3 is 2.81 bits per heavy atom. The van der Waals surface area contributed by atoms with Crippen LogP contribution in [0, 0.1) is 0 Å². The lowest BCUT2D eigenvalue weighted by molar-refractivity contribution is -0.123. The normalized spacial score (nSPS) is 10.1. The first kappa shape index (κ1) is 12.7. The molecule has 6 heteroatoms. The summed E-state index contributed by atoms with van der Waals surface area (Å²) in [6.07, 6.45) is 6.39. The molecule has 0 unspecified atom stereocenters. The molecule has 0 saturated carbocycles. The molecule has 0 atom stereocenters. The van der Waals surface area contributed by atoms with Gasteiger partial charge in [0.1, 0.15) is 0 Å². The van der Waals surface area contributed by atoms with Crippen molar-refractivity contribution in [3.63, 3.8) is 0 Å². The van der Waals surface area contributed by atoms with Crippen molar-refractivity contribution in [1.29, 1.82) is 0 Å². The first-order chi connectivity index (χ1) is 7.68. The second-order valence-corrected chi connectivity index (χ2v) is 3.78. The molecule has 0 aliphatic carbocycles. The highest BCUT2D eigenvalue weighted by Crippen LogP contribution is 1.94. The van der Waals surface area contributed by atoms with Crippen molar-refractivity contribution in [2.45, 2.75) is 25.8 Å². The van der Waals surface area contributed by atoms with Gasteiger partial charge in [-0.1, -0.05) is 0 Å². The van der Waals surface area contributed by atoms with Crippen molar-refractivity contribution in [1.82, 2.24) is 14.9 Å². The number of aromatic nitrogens is 2. The van der Waals surface area contributed by atoms with E-state index in [-0.39, 0.29) is 18.7 Å². The van der Waals surface area contributed by atoms with E-state index in [0.29, 0.717) is 6.54 Å². The largest absolute Gasteiger partial charge is 0.356 e. The van der Waals surface area contributed by atoms with Crippen LogP contribution in [0.15, 0.2) is 18.7 Å². The molecule has 1 rings (SSSR count). The van der Waals surface area contributed by atoms with Gasteiger partial charge in [0, 0.05) is 38.3 Å². The molecule has 0 fully saturated rings. The van der Waals surface area contributed by atoms with Gasteiger partial charge in [-0.15, -0.1) is 0 Å². The fourth-order valence-electron chi connectivity index (χ4n) is 1.21. The second-order valence-electron chi connectivity index (χ2n) is 3.36. The molecular formula is C10H14ClN3O2. The van der Waals surface area contributed by atoms with E-state index < -0.39 is 5.24 Å². The molecule has 1 aromatic rings. The SMILES string of the molecule is O=C(Cl)CCC(=O)NCCCn1ccnc1. The van der Waals surface area contributed by atoms with E-state index in [4.69, 9.17) is 11.6 Å². The third-order valence-electron chi connectivity index (χ3n) is 2.02. The number of nitrogens with one attached hydrogen (secondary N) is 1. The lowest BCUT2D eigenvalue weighted by Crippen LogP contribution is -2.25. The molecule has 0 bridgehead atoms. The van der Waals surface area contributed by atoms with Crippen LogP contribution < -0.4 is 5.32 Å². The van der Waals surface area contributed by atoms with Crippen LogP contribution in [0.2, 0.25) is 0 Å². The summed E-state index contributed by atoms with van der Waals surface area (Å²) in [5.74, 6) is -0.139. The van der Waals surface area contributed by atoms with Gasteiger partial charge in [0.2, 0.25) is 11.1 Å². The zero-order valence-corrected chi connectivity index (χ0v) is 9.61. The van der Waals surface area contributed by atoms with Crippen molar-refractivity contribution in [2.75, 3.05) is 6.54 Å². The Morgan fingerprint density at radius 2 is 2.19 bits per heavy atom. The van der Waals surface area contributed by atoms with E-state index in [2.05, 4.69) is 10.3 Å². The first-order valence-electron chi connectivity index (χ1n) is 5.09. The van der Waals surface area contributed by atoms with Crippen LogP contribution in [0.5, 0.6) is 0 Å². The monoisotopic (exact) mass is 243 g/mol. The van der Waals surface area contributed by atoms with E-state index in [1.165, 1.54) is 0 Å². The van der Waals surface area contributed by atoms with E-state index in [1.54, 1.807) is 12.5 Å². The van der Waals surface area contributed by atoms with Crippen LogP contribution in [0.1, 0.15) is 19.3 Å². The summed E-state index contributed by atoms with van der Waals surface area (Å²) in [6, 6.07) is 0. The van der Waals surface area contributed by atoms with Crippen LogP contribution in [0.3, 0.4) is 0 Å². The number of carbonyl (C=O) groups is 2. The molecule has 0 aromatic carbocycles. The van der Waals surface area contributed by atoms with E-state index in [0.717, 1.165) is 13.0 Å². The molecule has 0 spiro atoms. The van der Waals surface area contributed by atoms with Gasteiger partial charge in [-0.05, 0) is 18.0 Å². The molecule has 0 saturated heterocycles. The third kappa shape index (κ3) is 5.50. The van der Waals surface area contributed by atoms with Gasteiger partial charge in [-0.2, -0.15) is 0 Å². The topological polar surface area (TPSA) is 64.0 Å². The summed E-state index contributed by atoms with van der Waals surface area (Å²) in [5, 5.41) is 2.24. The molecule has 5 nitrogen and oxygen atoms in total. The highest BCUT2D eigenvalue weighted by molar-refractivity contribution is 6.63. The van der Waals surface area contributed by atoms with Crippen molar-refractivity contribution in [3.05, 3.63) is 18.7 Å². The Bertz CT molecular complexity index is 338. The smallest absolute Gasteiger partial charge is 0.222 e.